The molecule has 2 atom stereocenters. The zero-order chi connectivity index (χ0) is 52.4. The number of anilines is 2. The van der Waals surface area contributed by atoms with E-state index >= 15 is 8.78 Å². The number of carbonyl (C=O) groups excluding carboxylic acids is 4. The molecule has 12 rings (SSSR count). The van der Waals surface area contributed by atoms with Gasteiger partial charge in [0.2, 0.25) is 11.8 Å². The molecule has 3 aromatic carbocycles. The number of pyridine rings is 1. The van der Waals surface area contributed by atoms with E-state index < -0.39 is 29.6 Å². The minimum Gasteiger partial charge on any atom is -0.508 e. The average Bonchev–Trinajstić information content (AvgIpc) is 4.16. The van der Waals surface area contributed by atoms with Crippen molar-refractivity contribution in [2.24, 2.45) is 17.3 Å². The molecule has 7 aliphatic rings. The van der Waals surface area contributed by atoms with Crippen LogP contribution in [0.15, 0.2) is 48.7 Å². The van der Waals surface area contributed by atoms with Gasteiger partial charge in [-0.15, -0.1) is 0 Å². The van der Waals surface area contributed by atoms with Crippen molar-refractivity contribution < 1.29 is 37.8 Å². The number of nitrogens with one attached hydrogen (secondary N) is 1. The molecule has 2 aromatic heterocycles. The highest BCUT2D eigenvalue weighted by Gasteiger charge is 2.47. The lowest BCUT2D eigenvalue weighted by atomic mass is 9.93. The van der Waals surface area contributed by atoms with Crippen molar-refractivity contribution in [2.45, 2.75) is 96.6 Å². The van der Waals surface area contributed by atoms with E-state index in [1.54, 1.807) is 30.5 Å². The molecular formula is C58H68F2N10O6. The summed E-state index contributed by atoms with van der Waals surface area (Å²) < 4.78 is 38.9. The van der Waals surface area contributed by atoms with Gasteiger partial charge in [0.25, 0.3) is 11.8 Å². The summed E-state index contributed by atoms with van der Waals surface area (Å²) in [6.07, 6.45) is 10.8. The van der Waals surface area contributed by atoms with Gasteiger partial charge in [-0.05, 0) is 142 Å². The van der Waals surface area contributed by atoms with Crippen LogP contribution in [0.5, 0.6) is 11.8 Å². The number of phenolic OH excluding ortho intramolecular Hbond substituents is 1. The van der Waals surface area contributed by atoms with E-state index in [4.69, 9.17) is 14.7 Å². The quantitative estimate of drug-likeness (QED) is 0.114. The summed E-state index contributed by atoms with van der Waals surface area (Å²) in [6, 6.07) is 11.2. The van der Waals surface area contributed by atoms with Crippen LogP contribution in [-0.4, -0.2) is 161 Å². The third-order valence-corrected chi connectivity index (χ3v) is 17.8. The van der Waals surface area contributed by atoms with E-state index in [1.165, 1.54) is 25.0 Å². The number of piperazine rings is 1. The molecule has 8 heterocycles. The molecule has 1 saturated carbocycles. The predicted molar refractivity (Wildman–Crippen MR) is 285 cm³/mol. The summed E-state index contributed by atoms with van der Waals surface area (Å²) in [5.74, 6) is -1.41. The normalized spacial score (nSPS) is 23.2. The molecule has 5 saturated heterocycles. The number of benzene rings is 3. The fourth-order valence-electron chi connectivity index (χ4n) is 13.3. The number of aryl methyl sites for hydroxylation is 1. The van der Waals surface area contributed by atoms with Crippen molar-refractivity contribution in [3.05, 3.63) is 77.0 Å². The van der Waals surface area contributed by atoms with Crippen molar-refractivity contribution in [3.63, 3.8) is 0 Å². The maximum Gasteiger partial charge on any atom is 0.319 e. The largest absolute Gasteiger partial charge is 0.508 e. The van der Waals surface area contributed by atoms with Gasteiger partial charge in [-0.1, -0.05) is 19.9 Å². The first-order valence-corrected chi connectivity index (χ1v) is 27.8. The van der Waals surface area contributed by atoms with Gasteiger partial charge < -0.3 is 29.4 Å². The Kier molecular flexibility index (Phi) is 13.6. The number of likely N-dealkylation sites (tertiary alicyclic amines) is 1. The van der Waals surface area contributed by atoms with Gasteiger partial charge in [0.05, 0.1) is 23.1 Å². The van der Waals surface area contributed by atoms with Gasteiger partial charge in [-0.2, -0.15) is 9.97 Å². The van der Waals surface area contributed by atoms with Gasteiger partial charge >= 0.3 is 6.01 Å². The number of hydrogen-bond donors (Lipinski definition) is 2. The second-order valence-electron chi connectivity index (χ2n) is 22.9. The number of aromatic hydroxyl groups is 1. The lowest BCUT2D eigenvalue weighted by Gasteiger charge is -2.44. The number of piperidine rings is 4. The monoisotopic (exact) mass is 1040 g/mol. The first-order chi connectivity index (χ1) is 36.8. The minimum atomic E-state index is -0.972. The Hall–Kier alpha value is -6.37. The fourth-order valence-corrected chi connectivity index (χ4v) is 13.3. The van der Waals surface area contributed by atoms with Crippen LogP contribution in [-0.2, 0) is 16.0 Å². The van der Waals surface area contributed by atoms with E-state index in [-0.39, 0.29) is 53.0 Å². The maximum absolute atomic E-state index is 17.2. The maximum atomic E-state index is 17.2. The number of phenols is 1. The average molecular weight is 1040 g/mol. The molecule has 1 unspecified atom stereocenters. The number of hydrogen-bond acceptors (Lipinski definition) is 14. The van der Waals surface area contributed by atoms with E-state index in [9.17, 15) is 24.3 Å². The zero-order valence-electron chi connectivity index (χ0n) is 43.7. The van der Waals surface area contributed by atoms with Gasteiger partial charge in [0.15, 0.2) is 5.82 Å². The number of carbonyl (C=O) groups is 4. The molecule has 6 aliphatic heterocycles. The number of nitrogens with zero attached hydrogens (tertiary/aromatic N) is 9. The number of halogens is 2. The third-order valence-electron chi connectivity index (χ3n) is 17.8. The Bertz CT molecular complexity index is 3110. The summed E-state index contributed by atoms with van der Waals surface area (Å²) in [4.78, 5) is 78.7. The zero-order valence-corrected chi connectivity index (χ0v) is 43.7. The predicted octanol–water partition coefficient (Wildman–Crippen LogP) is 7.19. The molecule has 400 valence electrons. The van der Waals surface area contributed by atoms with Crippen LogP contribution in [0, 0.1) is 28.9 Å². The van der Waals surface area contributed by atoms with Crippen LogP contribution in [0.25, 0.3) is 32.9 Å². The van der Waals surface area contributed by atoms with Crippen LogP contribution in [0.4, 0.5) is 20.3 Å². The van der Waals surface area contributed by atoms with E-state index in [1.807, 2.05) is 13.0 Å². The smallest absolute Gasteiger partial charge is 0.319 e. The van der Waals surface area contributed by atoms with Gasteiger partial charge in [-0.3, -0.25) is 39.3 Å². The Morgan fingerprint density at radius 1 is 0.803 bits per heavy atom. The molecule has 1 aliphatic carbocycles. The second kappa shape index (κ2) is 20.5. The molecule has 76 heavy (non-hydrogen) atoms. The number of amides is 4. The Balaban J connectivity index is 0.634. The van der Waals surface area contributed by atoms with Gasteiger partial charge in [-0.25, -0.2) is 8.78 Å². The summed E-state index contributed by atoms with van der Waals surface area (Å²) in [7, 11) is 0. The molecule has 4 amide bonds. The lowest BCUT2D eigenvalue weighted by molar-refractivity contribution is -0.136. The molecular weight excluding hydrogens is 971 g/mol. The summed E-state index contributed by atoms with van der Waals surface area (Å²) in [6.45, 7) is 16.1. The van der Waals surface area contributed by atoms with Crippen LogP contribution in [0.1, 0.15) is 104 Å². The Morgan fingerprint density at radius 3 is 2.32 bits per heavy atom. The Labute approximate surface area is 441 Å². The molecule has 0 spiro atoms. The van der Waals surface area contributed by atoms with Crippen LogP contribution in [0.2, 0.25) is 0 Å². The highest BCUT2D eigenvalue weighted by molar-refractivity contribution is 6.23. The van der Waals surface area contributed by atoms with Crippen molar-refractivity contribution in [1.29, 1.82) is 0 Å². The molecule has 0 bridgehead atoms. The minimum absolute atomic E-state index is 0.00622. The molecule has 0 radical (unpaired) electrons. The third kappa shape index (κ3) is 9.73. The van der Waals surface area contributed by atoms with Crippen LogP contribution >= 0.6 is 0 Å². The summed E-state index contributed by atoms with van der Waals surface area (Å²) in [5.41, 5.74) is 2.36. The van der Waals surface area contributed by atoms with E-state index in [0.717, 1.165) is 128 Å². The van der Waals surface area contributed by atoms with Crippen LogP contribution < -0.4 is 19.9 Å². The fraction of sp³-hybridized carbons (Fsp3) is 0.534. The number of ether oxygens (including phenoxy) is 1. The molecule has 5 aromatic rings. The summed E-state index contributed by atoms with van der Waals surface area (Å²) >= 11 is 0. The first kappa shape index (κ1) is 50.4. The molecule has 16 nitrogen and oxygen atoms in total. The number of rotatable bonds is 13. The molecule has 6 fully saturated rings. The first-order valence-electron chi connectivity index (χ1n) is 27.8. The van der Waals surface area contributed by atoms with E-state index in [0.29, 0.717) is 75.1 Å². The number of imide groups is 2. The van der Waals surface area contributed by atoms with E-state index in [2.05, 4.69) is 41.7 Å². The number of fused-ring (bicyclic) bond motifs is 3. The van der Waals surface area contributed by atoms with Gasteiger partial charge in [0.1, 0.15) is 34.6 Å². The van der Waals surface area contributed by atoms with Gasteiger partial charge in [0, 0.05) is 101 Å². The highest BCUT2D eigenvalue weighted by atomic mass is 19.1. The summed E-state index contributed by atoms with van der Waals surface area (Å²) in [5, 5.41) is 14.6. The Morgan fingerprint density at radius 2 is 1.58 bits per heavy atom. The van der Waals surface area contributed by atoms with Crippen molar-refractivity contribution in [1.82, 2.24) is 39.9 Å². The number of aromatic nitrogens is 3. The lowest BCUT2D eigenvalue weighted by Crippen LogP contribution is -2.54. The van der Waals surface area contributed by atoms with Crippen molar-refractivity contribution >= 4 is 56.8 Å². The molecule has 18 heteroatoms. The molecule has 2 N–H and O–H groups in total. The highest BCUT2D eigenvalue weighted by Crippen LogP contribution is 2.47. The van der Waals surface area contributed by atoms with Crippen molar-refractivity contribution in [2.75, 3.05) is 94.9 Å². The van der Waals surface area contributed by atoms with Crippen molar-refractivity contribution in [3.8, 4) is 23.0 Å². The van der Waals surface area contributed by atoms with Crippen LogP contribution in [0.3, 0.4) is 0 Å². The second-order valence-corrected chi connectivity index (χ2v) is 22.9. The topological polar surface area (TPSA) is 168 Å². The SMILES string of the molecule is CCc1c(F)ccc2cc(O)cc(-c3ncc4c(N5CCC[C@H](C)C5)nc(OCC5(CN6CCN(C7CCN(CC8CCN(c9ccc%10c(c9)C(=O)N(C9CCC(=O)NC9=O)C%10=O)CC8)CC7)CC6)CC5)nc4c3F)c12. The standard InChI is InChI=1S/C58H68F2N10O6/c1-3-41-46(59)9-6-37-27-40(71)29-44(49(37)41)51-50(60)52-45(30-61-51)53(69-18-4-5-35(2)31-69)64-57(63-52)76-34-58(16-17-58)33-66-23-25-68(26-24-66)38-14-19-65(20-15-38)32-36-12-21-67(22-13-36)39-7-8-42-43(28-39)56(75)70(55(42)74)47-10-11-48(72)62-54(47)73/h6-9,27-30,35-36,38,47,71H,3-5,10-26,31-34H2,1-2H3,(H,62,72,73)/t35-,47?/m0/s1.